The Labute approximate surface area is 142 Å². The summed E-state index contributed by atoms with van der Waals surface area (Å²) in [7, 11) is 3.18. The van der Waals surface area contributed by atoms with Crippen molar-refractivity contribution in [2.75, 3.05) is 14.2 Å². The molecule has 128 valence electrons. The number of nitrogens with zero attached hydrogens (tertiary/aromatic N) is 1. The minimum absolute atomic E-state index is 0.174. The lowest BCUT2D eigenvalue weighted by molar-refractivity contribution is 0.237. The molecule has 24 heavy (non-hydrogen) atoms. The summed E-state index contributed by atoms with van der Waals surface area (Å²) in [6.45, 7) is 4.32. The second-order valence-electron chi connectivity index (χ2n) is 5.50. The molecule has 0 fully saturated rings. The Hall–Kier alpha value is -2.76. The summed E-state index contributed by atoms with van der Waals surface area (Å²) in [5, 5.41) is 5.75. The van der Waals surface area contributed by atoms with Crippen LogP contribution in [0.3, 0.4) is 0 Å². The molecule has 0 saturated carbocycles. The summed E-state index contributed by atoms with van der Waals surface area (Å²) in [5.41, 5.74) is 2.97. The molecule has 0 aliphatic rings. The predicted octanol–water partition coefficient (Wildman–Crippen LogP) is 2.97. The third-order valence-corrected chi connectivity index (χ3v) is 3.66. The van der Waals surface area contributed by atoms with Gasteiger partial charge in [0.05, 0.1) is 20.3 Å². The van der Waals surface area contributed by atoms with Crippen LogP contribution < -0.4 is 20.1 Å². The number of benzene rings is 1. The summed E-state index contributed by atoms with van der Waals surface area (Å²) in [6.07, 6.45) is 1.65. The lowest BCUT2D eigenvalue weighted by atomic mass is 10.0. The standard InChI is InChI=1S/C18H23N3O3/c1-12-5-6-16(23-3)15(9-12)13(2)21-18(22)20-11-14-7-8-19-17(10-14)24-4/h5-10,13H,11H2,1-4H3,(H2,20,21,22)/t13-/m0/s1. The largest absolute Gasteiger partial charge is 0.496 e. The van der Waals surface area contributed by atoms with Gasteiger partial charge < -0.3 is 20.1 Å². The highest BCUT2D eigenvalue weighted by Gasteiger charge is 2.14. The van der Waals surface area contributed by atoms with E-state index in [1.807, 2.05) is 38.1 Å². The zero-order valence-corrected chi connectivity index (χ0v) is 14.4. The Morgan fingerprint density at radius 1 is 1.21 bits per heavy atom. The monoisotopic (exact) mass is 329 g/mol. The number of hydrogen-bond acceptors (Lipinski definition) is 4. The molecule has 6 nitrogen and oxygen atoms in total. The van der Waals surface area contributed by atoms with Gasteiger partial charge in [0.15, 0.2) is 0 Å². The third kappa shape index (κ3) is 4.62. The van der Waals surface area contributed by atoms with Crippen LogP contribution in [0.2, 0.25) is 0 Å². The Bertz CT molecular complexity index is 704. The molecule has 6 heteroatoms. The van der Waals surface area contributed by atoms with Gasteiger partial charge >= 0.3 is 6.03 Å². The molecule has 0 saturated heterocycles. The molecule has 2 aromatic rings. The van der Waals surface area contributed by atoms with Gasteiger partial charge in [0.25, 0.3) is 0 Å². The number of rotatable bonds is 6. The van der Waals surface area contributed by atoms with Gasteiger partial charge in [-0.1, -0.05) is 17.7 Å². The highest BCUT2D eigenvalue weighted by molar-refractivity contribution is 5.74. The van der Waals surface area contributed by atoms with Crippen molar-refractivity contribution in [3.8, 4) is 11.6 Å². The van der Waals surface area contributed by atoms with Crippen LogP contribution in [0.5, 0.6) is 11.6 Å². The molecule has 1 heterocycles. The van der Waals surface area contributed by atoms with Crippen LogP contribution in [-0.4, -0.2) is 25.2 Å². The fourth-order valence-corrected chi connectivity index (χ4v) is 2.37. The van der Waals surface area contributed by atoms with E-state index in [1.165, 1.54) is 0 Å². The summed E-state index contributed by atoms with van der Waals surface area (Å²) in [5.74, 6) is 1.28. The fourth-order valence-electron chi connectivity index (χ4n) is 2.37. The van der Waals surface area contributed by atoms with Gasteiger partial charge in [-0.05, 0) is 31.5 Å². The van der Waals surface area contributed by atoms with E-state index in [1.54, 1.807) is 26.5 Å². The SMILES string of the molecule is COc1cc(CNC(=O)N[C@@H](C)c2cc(C)ccc2OC)ccn1. The van der Waals surface area contributed by atoms with Gasteiger partial charge in [0.1, 0.15) is 5.75 Å². The molecular formula is C18H23N3O3. The van der Waals surface area contributed by atoms with E-state index in [9.17, 15) is 4.79 Å². The number of urea groups is 1. The van der Waals surface area contributed by atoms with Crippen molar-refractivity contribution in [1.82, 2.24) is 15.6 Å². The highest BCUT2D eigenvalue weighted by atomic mass is 16.5. The van der Waals surface area contributed by atoms with Crippen LogP contribution in [0.25, 0.3) is 0 Å². The summed E-state index contributed by atoms with van der Waals surface area (Å²) < 4.78 is 10.4. The van der Waals surface area contributed by atoms with Crippen molar-refractivity contribution >= 4 is 6.03 Å². The first-order valence-corrected chi connectivity index (χ1v) is 7.71. The average molecular weight is 329 g/mol. The van der Waals surface area contributed by atoms with Crippen LogP contribution in [0.1, 0.15) is 29.7 Å². The van der Waals surface area contributed by atoms with Gasteiger partial charge in [-0.3, -0.25) is 0 Å². The van der Waals surface area contributed by atoms with Crippen LogP contribution >= 0.6 is 0 Å². The molecule has 0 aliphatic heterocycles. The molecule has 0 unspecified atom stereocenters. The number of hydrogen-bond donors (Lipinski definition) is 2. The highest BCUT2D eigenvalue weighted by Crippen LogP contribution is 2.25. The molecule has 0 aliphatic carbocycles. The van der Waals surface area contributed by atoms with Gasteiger partial charge in [-0.15, -0.1) is 0 Å². The molecule has 1 aromatic carbocycles. The Morgan fingerprint density at radius 3 is 2.71 bits per heavy atom. The number of pyridine rings is 1. The van der Waals surface area contributed by atoms with Gasteiger partial charge in [0.2, 0.25) is 5.88 Å². The quantitative estimate of drug-likeness (QED) is 0.854. The summed E-state index contributed by atoms with van der Waals surface area (Å²) in [6, 6.07) is 9.09. The predicted molar refractivity (Wildman–Crippen MR) is 92.3 cm³/mol. The number of carbonyl (C=O) groups is 1. The van der Waals surface area contributed by atoms with Crippen molar-refractivity contribution in [3.05, 3.63) is 53.2 Å². The number of aromatic nitrogens is 1. The maximum atomic E-state index is 12.1. The van der Waals surface area contributed by atoms with Crippen molar-refractivity contribution in [1.29, 1.82) is 0 Å². The van der Waals surface area contributed by atoms with Crippen molar-refractivity contribution in [2.24, 2.45) is 0 Å². The van der Waals surface area contributed by atoms with E-state index in [0.29, 0.717) is 12.4 Å². The van der Waals surface area contributed by atoms with Gasteiger partial charge in [0, 0.05) is 24.4 Å². The first kappa shape index (κ1) is 17.6. The molecule has 2 N–H and O–H groups in total. The van der Waals surface area contributed by atoms with Crippen LogP contribution in [0.4, 0.5) is 4.79 Å². The van der Waals surface area contributed by atoms with E-state index in [-0.39, 0.29) is 12.1 Å². The molecule has 2 rings (SSSR count). The number of carbonyl (C=O) groups excluding carboxylic acids is 1. The maximum absolute atomic E-state index is 12.1. The summed E-state index contributed by atoms with van der Waals surface area (Å²) >= 11 is 0. The van der Waals surface area contributed by atoms with E-state index in [0.717, 1.165) is 22.4 Å². The second-order valence-corrected chi connectivity index (χ2v) is 5.50. The molecule has 0 radical (unpaired) electrons. The Balaban J connectivity index is 1.95. The number of amides is 2. The van der Waals surface area contributed by atoms with Crippen molar-refractivity contribution in [2.45, 2.75) is 26.4 Å². The zero-order chi connectivity index (χ0) is 17.5. The van der Waals surface area contributed by atoms with Crippen LogP contribution in [-0.2, 0) is 6.54 Å². The lowest BCUT2D eigenvalue weighted by Gasteiger charge is -2.18. The molecular weight excluding hydrogens is 306 g/mol. The van der Waals surface area contributed by atoms with Crippen LogP contribution in [0, 0.1) is 6.92 Å². The van der Waals surface area contributed by atoms with Crippen molar-refractivity contribution < 1.29 is 14.3 Å². The van der Waals surface area contributed by atoms with Crippen LogP contribution in [0.15, 0.2) is 36.5 Å². The molecule has 0 spiro atoms. The van der Waals surface area contributed by atoms with E-state index in [4.69, 9.17) is 9.47 Å². The maximum Gasteiger partial charge on any atom is 0.315 e. The fraction of sp³-hybridized carbons (Fsp3) is 0.333. The minimum Gasteiger partial charge on any atom is -0.496 e. The number of methoxy groups -OCH3 is 2. The molecule has 0 bridgehead atoms. The third-order valence-electron chi connectivity index (χ3n) is 3.66. The first-order valence-electron chi connectivity index (χ1n) is 7.71. The average Bonchev–Trinajstić information content (AvgIpc) is 2.60. The number of nitrogens with one attached hydrogen (secondary N) is 2. The first-order chi connectivity index (χ1) is 11.5. The number of aryl methyl sites for hydroxylation is 1. The molecule has 2 amide bonds. The number of ether oxygens (including phenoxy) is 2. The second kappa shape index (κ2) is 8.19. The zero-order valence-electron chi connectivity index (χ0n) is 14.4. The molecule has 1 aromatic heterocycles. The Kier molecular flexibility index (Phi) is 6.01. The summed E-state index contributed by atoms with van der Waals surface area (Å²) in [4.78, 5) is 16.2. The topological polar surface area (TPSA) is 72.5 Å². The minimum atomic E-state index is -0.248. The Morgan fingerprint density at radius 2 is 2.00 bits per heavy atom. The van der Waals surface area contributed by atoms with Gasteiger partial charge in [-0.2, -0.15) is 0 Å². The molecule has 1 atom stereocenters. The normalized spacial score (nSPS) is 11.5. The lowest BCUT2D eigenvalue weighted by Crippen LogP contribution is -2.36. The smallest absolute Gasteiger partial charge is 0.315 e. The van der Waals surface area contributed by atoms with E-state index in [2.05, 4.69) is 15.6 Å². The van der Waals surface area contributed by atoms with Gasteiger partial charge in [-0.25, -0.2) is 9.78 Å². The van der Waals surface area contributed by atoms with Crippen molar-refractivity contribution in [3.63, 3.8) is 0 Å². The van der Waals surface area contributed by atoms with E-state index < -0.39 is 0 Å². The van der Waals surface area contributed by atoms with E-state index >= 15 is 0 Å².